The van der Waals surface area contributed by atoms with Gasteiger partial charge in [-0.3, -0.25) is 0 Å². The Morgan fingerprint density at radius 1 is 1.44 bits per heavy atom. The number of rotatable bonds is 2. The molecular formula is C12H19N4. The van der Waals surface area contributed by atoms with Crippen LogP contribution in [0.2, 0.25) is 0 Å². The minimum absolute atomic E-state index is 0.502. The summed E-state index contributed by atoms with van der Waals surface area (Å²) < 4.78 is 0. The zero-order chi connectivity index (χ0) is 11.5. The average Bonchev–Trinajstić information content (AvgIpc) is 2.28. The van der Waals surface area contributed by atoms with Crippen LogP contribution in [-0.2, 0) is 6.42 Å². The van der Waals surface area contributed by atoms with Crippen molar-refractivity contribution >= 4 is 5.82 Å². The molecule has 0 saturated carbocycles. The van der Waals surface area contributed by atoms with Gasteiger partial charge < -0.3 is 10.2 Å². The lowest BCUT2D eigenvalue weighted by atomic mass is 10.1. The van der Waals surface area contributed by atoms with Gasteiger partial charge in [0.15, 0.2) is 0 Å². The second-order valence-corrected chi connectivity index (χ2v) is 4.45. The molecule has 4 heteroatoms. The number of nitrogens with one attached hydrogen (secondary N) is 1. The normalized spacial score (nSPS) is 25.8. The first-order chi connectivity index (χ1) is 7.69. The van der Waals surface area contributed by atoms with Crippen molar-refractivity contribution in [2.45, 2.75) is 32.4 Å². The van der Waals surface area contributed by atoms with Crippen molar-refractivity contribution in [3.05, 3.63) is 25.0 Å². The molecule has 1 N–H and O–H groups in total. The maximum atomic E-state index is 4.51. The molecule has 0 unspecified atom stereocenters. The fourth-order valence-corrected chi connectivity index (χ4v) is 2.20. The molecule has 0 spiro atoms. The molecule has 1 fully saturated rings. The highest BCUT2D eigenvalue weighted by Crippen LogP contribution is 2.14. The van der Waals surface area contributed by atoms with Gasteiger partial charge in [0.25, 0.3) is 0 Å². The third-order valence-electron chi connectivity index (χ3n) is 2.80. The molecule has 2 heterocycles. The van der Waals surface area contributed by atoms with Crippen LogP contribution < -0.4 is 10.2 Å². The van der Waals surface area contributed by atoms with Crippen molar-refractivity contribution in [2.75, 3.05) is 18.0 Å². The topological polar surface area (TPSA) is 41.1 Å². The van der Waals surface area contributed by atoms with Gasteiger partial charge in [-0.25, -0.2) is 9.97 Å². The lowest BCUT2D eigenvalue weighted by Gasteiger charge is -2.36. The van der Waals surface area contributed by atoms with Gasteiger partial charge in [-0.1, -0.05) is 0 Å². The molecule has 87 valence electrons. The van der Waals surface area contributed by atoms with Gasteiger partial charge in [0.2, 0.25) is 0 Å². The molecular weight excluding hydrogens is 200 g/mol. The maximum Gasteiger partial charge on any atom is 0.132 e. The minimum atomic E-state index is 0.502. The van der Waals surface area contributed by atoms with E-state index in [0.29, 0.717) is 18.5 Å². The SMILES string of the molecule is [CH2]Cc1nccc(N2C[C@@H](C)N[C@@H](C)C2)n1. The summed E-state index contributed by atoms with van der Waals surface area (Å²) in [6.45, 7) is 10.2. The first-order valence-electron chi connectivity index (χ1n) is 5.81. The molecule has 1 radical (unpaired) electrons. The highest BCUT2D eigenvalue weighted by molar-refractivity contribution is 5.38. The van der Waals surface area contributed by atoms with E-state index in [2.05, 4.69) is 41.0 Å². The summed E-state index contributed by atoms with van der Waals surface area (Å²) in [5.74, 6) is 1.84. The number of nitrogens with zero attached hydrogens (tertiary/aromatic N) is 3. The Morgan fingerprint density at radius 2 is 2.12 bits per heavy atom. The Morgan fingerprint density at radius 3 is 2.75 bits per heavy atom. The molecule has 0 aromatic carbocycles. The third-order valence-corrected chi connectivity index (χ3v) is 2.80. The van der Waals surface area contributed by atoms with Gasteiger partial charge in [-0.2, -0.15) is 0 Å². The van der Waals surface area contributed by atoms with E-state index in [1.54, 1.807) is 0 Å². The van der Waals surface area contributed by atoms with E-state index < -0.39 is 0 Å². The molecule has 0 aliphatic carbocycles. The smallest absolute Gasteiger partial charge is 0.132 e. The summed E-state index contributed by atoms with van der Waals surface area (Å²) in [7, 11) is 0. The Hall–Kier alpha value is -1.16. The maximum absolute atomic E-state index is 4.51. The van der Waals surface area contributed by atoms with Gasteiger partial charge >= 0.3 is 0 Å². The van der Waals surface area contributed by atoms with E-state index in [1.807, 2.05) is 12.3 Å². The van der Waals surface area contributed by atoms with E-state index in [0.717, 1.165) is 24.7 Å². The van der Waals surface area contributed by atoms with Crippen molar-refractivity contribution in [3.63, 3.8) is 0 Å². The van der Waals surface area contributed by atoms with Crippen LogP contribution in [0, 0.1) is 6.92 Å². The molecule has 16 heavy (non-hydrogen) atoms. The van der Waals surface area contributed by atoms with Crippen LogP contribution in [0.4, 0.5) is 5.82 Å². The standard InChI is InChI=1S/C12H19N4/c1-4-11-13-6-5-12(15-11)16-7-9(2)14-10(3)8-16/h5-6,9-10,14H,1,4,7-8H2,2-3H3/t9-,10+. The van der Waals surface area contributed by atoms with Crippen LogP contribution in [0.15, 0.2) is 12.3 Å². The largest absolute Gasteiger partial charge is 0.353 e. The van der Waals surface area contributed by atoms with Gasteiger partial charge in [0.05, 0.1) is 0 Å². The quantitative estimate of drug-likeness (QED) is 0.807. The average molecular weight is 219 g/mol. The monoisotopic (exact) mass is 219 g/mol. The lowest BCUT2D eigenvalue weighted by molar-refractivity contribution is 0.405. The number of aromatic nitrogens is 2. The summed E-state index contributed by atoms with van der Waals surface area (Å²) in [5, 5.41) is 3.51. The van der Waals surface area contributed by atoms with Gasteiger partial charge in [-0.15, -0.1) is 0 Å². The summed E-state index contributed by atoms with van der Waals surface area (Å²) in [6.07, 6.45) is 2.46. The molecule has 2 rings (SSSR count). The van der Waals surface area contributed by atoms with Crippen molar-refractivity contribution in [3.8, 4) is 0 Å². The van der Waals surface area contributed by atoms with Gasteiger partial charge in [0, 0.05) is 37.8 Å². The summed E-state index contributed by atoms with van der Waals surface area (Å²) in [5.41, 5.74) is 0. The van der Waals surface area contributed by atoms with Crippen molar-refractivity contribution in [1.82, 2.24) is 15.3 Å². The second kappa shape index (κ2) is 4.78. The van der Waals surface area contributed by atoms with E-state index >= 15 is 0 Å². The number of hydrogen-bond donors (Lipinski definition) is 1. The zero-order valence-electron chi connectivity index (χ0n) is 9.98. The fraction of sp³-hybridized carbons (Fsp3) is 0.583. The first-order valence-corrected chi connectivity index (χ1v) is 5.81. The molecule has 4 nitrogen and oxygen atoms in total. The number of piperazine rings is 1. The van der Waals surface area contributed by atoms with Gasteiger partial charge in [-0.05, 0) is 26.8 Å². The molecule has 0 bridgehead atoms. The summed E-state index contributed by atoms with van der Waals surface area (Å²) in [4.78, 5) is 11.0. The molecule has 0 amide bonds. The number of anilines is 1. The Bertz CT molecular complexity index is 343. The first kappa shape index (κ1) is 11.3. The predicted octanol–water partition coefficient (Wildman–Crippen LogP) is 1.04. The van der Waals surface area contributed by atoms with E-state index in [4.69, 9.17) is 0 Å². The number of hydrogen-bond acceptors (Lipinski definition) is 4. The van der Waals surface area contributed by atoms with E-state index in [-0.39, 0.29) is 0 Å². The lowest BCUT2D eigenvalue weighted by Crippen LogP contribution is -2.54. The second-order valence-electron chi connectivity index (χ2n) is 4.45. The van der Waals surface area contributed by atoms with Crippen molar-refractivity contribution in [1.29, 1.82) is 0 Å². The Balaban J connectivity index is 2.16. The third kappa shape index (κ3) is 2.50. The molecule has 1 aliphatic heterocycles. The zero-order valence-corrected chi connectivity index (χ0v) is 9.98. The van der Waals surface area contributed by atoms with Crippen LogP contribution >= 0.6 is 0 Å². The van der Waals surface area contributed by atoms with Gasteiger partial charge in [0.1, 0.15) is 11.6 Å². The van der Waals surface area contributed by atoms with E-state index in [9.17, 15) is 0 Å². The predicted molar refractivity (Wildman–Crippen MR) is 65.4 cm³/mol. The molecule has 2 atom stereocenters. The highest BCUT2D eigenvalue weighted by atomic mass is 15.3. The Kier molecular flexibility index (Phi) is 3.39. The van der Waals surface area contributed by atoms with Crippen LogP contribution in [0.5, 0.6) is 0 Å². The van der Waals surface area contributed by atoms with Crippen LogP contribution in [0.3, 0.4) is 0 Å². The van der Waals surface area contributed by atoms with Crippen molar-refractivity contribution < 1.29 is 0 Å². The molecule has 1 aliphatic rings. The molecule has 1 aromatic rings. The highest BCUT2D eigenvalue weighted by Gasteiger charge is 2.21. The summed E-state index contributed by atoms with van der Waals surface area (Å²) in [6, 6.07) is 2.98. The van der Waals surface area contributed by atoms with Crippen molar-refractivity contribution in [2.24, 2.45) is 0 Å². The van der Waals surface area contributed by atoms with Crippen LogP contribution in [0.25, 0.3) is 0 Å². The van der Waals surface area contributed by atoms with Crippen LogP contribution in [0.1, 0.15) is 19.7 Å². The minimum Gasteiger partial charge on any atom is -0.353 e. The Labute approximate surface area is 97.1 Å². The summed E-state index contributed by atoms with van der Waals surface area (Å²) >= 11 is 0. The molecule has 1 aromatic heterocycles. The van der Waals surface area contributed by atoms with E-state index in [1.165, 1.54) is 0 Å². The van der Waals surface area contributed by atoms with Crippen LogP contribution in [-0.4, -0.2) is 35.1 Å². The fourth-order valence-electron chi connectivity index (χ4n) is 2.20. The molecule has 1 saturated heterocycles.